The van der Waals surface area contributed by atoms with Crippen LogP contribution in [0.3, 0.4) is 0 Å². The summed E-state index contributed by atoms with van der Waals surface area (Å²) < 4.78 is 10.3. The van der Waals surface area contributed by atoms with Crippen molar-refractivity contribution in [3.8, 4) is 0 Å². The van der Waals surface area contributed by atoms with Crippen molar-refractivity contribution in [1.29, 1.82) is 0 Å². The van der Waals surface area contributed by atoms with Crippen LogP contribution in [-0.4, -0.2) is 4.57 Å². The summed E-state index contributed by atoms with van der Waals surface area (Å²) in [5.74, 6) is 0. The molecular formula is C8H5NO5. The number of nitrogens with zero attached hydrogens (tertiary/aromatic N) is 1. The highest BCUT2D eigenvalue weighted by molar-refractivity contribution is 5.67. The van der Waals surface area contributed by atoms with Crippen molar-refractivity contribution in [3.05, 3.63) is 43.5 Å². The van der Waals surface area contributed by atoms with E-state index in [-0.39, 0.29) is 11.2 Å². The lowest BCUT2D eigenvalue weighted by Crippen LogP contribution is -2.25. The molecule has 6 nitrogen and oxygen atoms in total. The predicted molar refractivity (Wildman–Crippen MR) is 46.3 cm³/mol. The van der Waals surface area contributed by atoms with E-state index in [0.717, 1.165) is 0 Å². The monoisotopic (exact) mass is 195 g/mol. The van der Waals surface area contributed by atoms with E-state index in [9.17, 15) is 14.4 Å². The van der Waals surface area contributed by atoms with Crippen LogP contribution in [0.4, 0.5) is 0 Å². The summed E-state index contributed by atoms with van der Waals surface area (Å²) in [5, 5.41) is 0. The first-order valence-corrected chi connectivity index (χ1v) is 3.73. The Bertz CT molecular complexity index is 660. The van der Waals surface area contributed by atoms with Gasteiger partial charge in [0.25, 0.3) is 5.56 Å². The number of hydrogen-bond acceptors (Lipinski definition) is 5. The Morgan fingerprint density at radius 2 is 1.79 bits per heavy atom. The van der Waals surface area contributed by atoms with E-state index in [1.165, 1.54) is 23.9 Å². The third-order valence-corrected chi connectivity index (χ3v) is 1.75. The standard InChI is InChI=1S/C8H5NO5/c1-9-3-2-4-5(6(9)10)14-8(12)7(11)13-4/h2-3H,1H3. The molecule has 0 amide bonds. The fraction of sp³-hybridized carbons (Fsp3) is 0.125. The molecule has 2 heterocycles. The highest BCUT2D eigenvalue weighted by Crippen LogP contribution is 2.02. The van der Waals surface area contributed by atoms with Gasteiger partial charge in [-0.1, -0.05) is 0 Å². The Balaban J connectivity index is 3.13. The van der Waals surface area contributed by atoms with Gasteiger partial charge in [-0.05, 0) is 0 Å². The lowest BCUT2D eigenvalue weighted by Gasteiger charge is -1.96. The van der Waals surface area contributed by atoms with E-state index in [1.807, 2.05) is 0 Å². The molecule has 0 unspecified atom stereocenters. The molecule has 0 saturated carbocycles. The minimum atomic E-state index is -1.18. The van der Waals surface area contributed by atoms with Gasteiger partial charge in [-0.15, -0.1) is 0 Å². The van der Waals surface area contributed by atoms with Gasteiger partial charge in [-0.25, -0.2) is 9.59 Å². The number of hydrogen-bond donors (Lipinski definition) is 0. The summed E-state index contributed by atoms with van der Waals surface area (Å²) in [6.07, 6.45) is 1.41. The molecule has 2 aromatic heterocycles. The normalized spacial score (nSPS) is 10.6. The zero-order valence-corrected chi connectivity index (χ0v) is 7.14. The van der Waals surface area contributed by atoms with Crippen molar-refractivity contribution in [3.63, 3.8) is 0 Å². The van der Waals surface area contributed by atoms with Gasteiger partial charge in [0.1, 0.15) is 0 Å². The molecule has 0 aromatic carbocycles. The molecule has 0 saturated heterocycles. The molecule has 6 heteroatoms. The van der Waals surface area contributed by atoms with Gasteiger partial charge in [0.2, 0.25) is 5.58 Å². The predicted octanol–water partition coefficient (Wildman–Crippen LogP) is -0.555. The number of pyridine rings is 1. The van der Waals surface area contributed by atoms with Crippen molar-refractivity contribution < 1.29 is 8.83 Å². The van der Waals surface area contributed by atoms with Gasteiger partial charge in [-0.2, -0.15) is 0 Å². The van der Waals surface area contributed by atoms with Crippen LogP contribution in [0, 0.1) is 0 Å². The van der Waals surface area contributed by atoms with Crippen molar-refractivity contribution >= 4 is 11.2 Å². The van der Waals surface area contributed by atoms with Gasteiger partial charge in [-0.3, -0.25) is 4.79 Å². The summed E-state index contributed by atoms with van der Waals surface area (Å²) in [6.45, 7) is 0. The molecule has 0 atom stereocenters. The zero-order chi connectivity index (χ0) is 10.3. The van der Waals surface area contributed by atoms with E-state index < -0.39 is 16.8 Å². The summed E-state index contributed by atoms with van der Waals surface area (Å²) in [4.78, 5) is 32.9. The van der Waals surface area contributed by atoms with Gasteiger partial charge in [0.15, 0.2) is 5.58 Å². The molecule has 0 bridgehead atoms. The Morgan fingerprint density at radius 3 is 2.50 bits per heavy atom. The molecule has 72 valence electrons. The molecule has 0 N–H and O–H groups in total. The smallest absolute Gasteiger partial charge is 0.414 e. The minimum Gasteiger partial charge on any atom is -0.414 e. The number of aromatic nitrogens is 1. The fourth-order valence-electron chi connectivity index (χ4n) is 1.04. The number of aryl methyl sites for hydroxylation is 1. The Hall–Kier alpha value is -2.11. The summed E-state index contributed by atoms with van der Waals surface area (Å²) in [6, 6.07) is 1.38. The van der Waals surface area contributed by atoms with Crippen LogP contribution >= 0.6 is 0 Å². The van der Waals surface area contributed by atoms with Crippen LogP contribution in [0.5, 0.6) is 0 Å². The largest absolute Gasteiger partial charge is 0.423 e. The molecule has 2 rings (SSSR count). The van der Waals surface area contributed by atoms with Gasteiger partial charge in [0.05, 0.1) is 0 Å². The third-order valence-electron chi connectivity index (χ3n) is 1.75. The third kappa shape index (κ3) is 1.08. The van der Waals surface area contributed by atoms with E-state index >= 15 is 0 Å². The van der Waals surface area contributed by atoms with Crippen molar-refractivity contribution in [2.45, 2.75) is 0 Å². The Labute approximate surface area is 76.0 Å². The molecule has 0 aliphatic rings. The van der Waals surface area contributed by atoms with E-state index in [1.54, 1.807) is 0 Å². The average molecular weight is 195 g/mol. The molecule has 0 aliphatic heterocycles. The Kier molecular flexibility index (Phi) is 1.63. The molecular weight excluding hydrogens is 190 g/mol. The van der Waals surface area contributed by atoms with E-state index in [2.05, 4.69) is 8.83 Å². The zero-order valence-electron chi connectivity index (χ0n) is 7.14. The molecule has 0 fully saturated rings. The van der Waals surface area contributed by atoms with Crippen LogP contribution in [0.25, 0.3) is 11.2 Å². The van der Waals surface area contributed by atoms with Gasteiger partial charge in [0, 0.05) is 19.3 Å². The van der Waals surface area contributed by atoms with Crippen molar-refractivity contribution in [2.75, 3.05) is 0 Å². The lowest BCUT2D eigenvalue weighted by atomic mass is 10.4. The summed E-state index contributed by atoms with van der Waals surface area (Å²) in [5.41, 5.74) is -3.10. The highest BCUT2D eigenvalue weighted by atomic mass is 16.5. The average Bonchev–Trinajstić information content (AvgIpc) is 2.15. The Morgan fingerprint density at radius 1 is 1.14 bits per heavy atom. The number of fused-ring (bicyclic) bond motifs is 1. The second-order valence-electron chi connectivity index (χ2n) is 2.70. The van der Waals surface area contributed by atoms with E-state index in [0.29, 0.717) is 0 Å². The van der Waals surface area contributed by atoms with Gasteiger partial charge < -0.3 is 13.4 Å². The van der Waals surface area contributed by atoms with Crippen LogP contribution in [0.15, 0.2) is 35.5 Å². The first kappa shape index (κ1) is 8.49. The first-order valence-electron chi connectivity index (χ1n) is 3.73. The molecule has 14 heavy (non-hydrogen) atoms. The quantitative estimate of drug-likeness (QED) is 0.526. The maximum absolute atomic E-state index is 11.4. The van der Waals surface area contributed by atoms with Crippen molar-refractivity contribution in [1.82, 2.24) is 4.57 Å². The SMILES string of the molecule is Cn1ccc2oc(=O)c(=O)oc2c1=O. The molecule has 0 radical (unpaired) electrons. The van der Waals surface area contributed by atoms with Crippen LogP contribution in [0.2, 0.25) is 0 Å². The first-order chi connectivity index (χ1) is 6.59. The van der Waals surface area contributed by atoms with Crippen LogP contribution in [-0.2, 0) is 7.05 Å². The maximum Gasteiger partial charge on any atom is 0.423 e. The number of rotatable bonds is 0. The summed E-state index contributed by atoms with van der Waals surface area (Å²) in [7, 11) is 1.49. The highest BCUT2D eigenvalue weighted by Gasteiger charge is 2.08. The topological polar surface area (TPSA) is 82.4 Å². The molecule has 2 aromatic rings. The minimum absolute atomic E-state index is 0.0299. The van der Waals surface area contributed by atoms with Crippen LogP contribution in [0.1, 0.15) is 0 Å². The van der Waals surface area contributed by atoms with Gasteiger partial charge >= 0.3 is 11.3 Å². The molecule has 0 aliphatic carbocycles. The van der Waals surface area contributed by atoms with Crippen molar-refractivity contribution in [2.24, 2.45) is 7.05 Å². The van der Waals surface area contributed by atoms with E-state index in [4.69, 9.17) is 0 Å². The second kappa shape index (κ2) is 2.69. The second-order valence-corrected chi connectivity index (χ2v) is 2.70. The lowest BCUT2D eigenvalue weighted by molar-refractivity contribution is 0.444. The fourth-order valence-corrected chi connectivity index (χ4v) is 1.04. The maximum atomic E-state index is 11.4. The molecule has 0 spiro atoms. The summed E-state index contributed by atoms with van der Waals surface area (Å²) >= 11 is 0. The van der Waals surface area contributed by atoms with Crippen LogP contribution < -0.4 is 16.8 Å².